The van der Waals surface area contributed by atoms with Crippen molar-refractivity contribution in [2.45, 2.75) is 17.6 Å². The first-order valence-electron chi connectivity index (χ1n) is 9.51. The van der Waals surface area contributed by atoms with Gasteiger partial charge in [-0.2, -0.15) is 5.10 Å². The molecule has 0 N–H and O–H groups in total. The molecule has 1 saturated heterocycles. The van der Waals surface area contributed by atoms with Gasteiger partial charge in [0.2, 0.25) is 0 Å². The Morgan fingerprint density at radius 2 is 1.82 bits per heavy atom. The highest BCUT2D eigenvalue weighted by Gasteiger charge is 2.32. The number of ether oxygens (including phenoxy) is 1. The molecule has 2 aliphatic heterocycles. The zero-order valence-electron chi connectivity index (χ0n) is 15.7. The van der Waals surface area contributed by atoms with Gasteiger partial charge in [-0.15, -0.1) is 11.8 Å². The Kier molecular flexibility index (Phi) is 4.45. The molecule has 0 bridgehead atoms. The molecule has 0 unspecified atom stereocenters. The molecule has 0 atom stereocenters. The fraction of sp³-hybridized carbons (Fsp3) is 0.273. The number of rotatable bonds is 2. The number of hydrogen-bond acceptors (Lipinski definition) is 4. The lowest BCUT2D eigenvalue weighted by atomic mass is 10.0. The molecule has 6 heteroatoms. The van der Waals surface area contributed by atoms with Gasteiger partial charge in [0, 0.05) is 34.9 Å². The Balaban J connectivity index is 1.71. The van der Waals surface area contributed by atoms with E-state index >= 15 is 0 Å². The van der Waals surface area contributed by atoms with E-state index in [2.05, 4.69) is 37.3 Å². The average molecular weight is 391 g/mol. The Bertz CT molecular complexity index is 1050. The van der Waals surface area contributed by atoms with Crippen molar-refractivity contribution < 1.29 is 9.53 Å². The van der Waals surface area contributed by atoms with Gasteiger partial charge in [-0.3, -0.25) is 4.79 Å². The van der Waals surface area contributed by atoms with Crippen LogP contribution in [0.5, 0.6) is 0 Å². The molecule has 5 rings (SSSR count). The summed E-state index contributed by atoms with van der Waals surface area (Å²) in [5, 5.41) is 4.87. The van der Waals surface area contributed by atoms with Gasteiger partial charge in [0.1, 0.15) is 0 Å². The minimum atomic E-state index is 0.00636. The van der Waals surface area contributed by atoms with Crippen LogP contribution in [0.15, 0.2) is 53.4 Å². The highest BCUT2D eigenvalue weighted by Crippen LogP contribution is 2.44. The number of fused-ring (bicyclic) bond motifs is 3. The summed E-state index contributed by atoms with van der Waals surface area (Å²) in [4.78, 5) is 16.4. The van der Waals surface area contributed by atoms with E-state index < -0.39 is 0 Å². The number of aryl methyl sites for hydroxylation is 1. The van der Waals surface area contributed by atoms with Gasteiger partial charge in [0.25, 0.3) is 5.91 Å². The quantitative estimate of drug-likeness (QED) is 0.664. The van der Waals surface area contributed by atoms with Crippen molar-refractivity contribution in [3.8, 4) is 16.9 Å². The molecule has 0 aliphatic carbocycles. The lowest BCUT2D eigenvalue weighted by Crippen LogP contribution is -2.41. The van der Waals surface area contributed by atoms with Gasteiger partial charge in [-0.25, -0.2) is 4.68 Å². The smallest absolute Gasteiger partial charge is 0.274 e. The Labute approximate surface area is 168 Å². The summed E-state index contributed by atoms with van der Waals surface area (Å²) in [6.45, 7) is 4.49. The SMILES string of the molecule is Cc1ccccc1-n1nc(C(=O)N2CCOCC2)c2c1-c1ccccc1SC2. The Morgan fingerprint density at radius 3 is 2.64 bits per heavy atom. The number of carbonyl (C=O) groups excluding carboxylic acids is 1. The monoisotopic (exact) mass is 391 g/mol. The number of thioether (sulfide) groups is 1. The van der Waals surface area contributed by atoms with E-state index in [0.717, 1.165) is 33.8 Å². The summed E-state index contributed by atoms with van der Waals surface area (Å²) in [6.07, 6.45) is 0. The summed E-state index contributed by atoms with van der Waals surface area (Å²) in [5.74, 6) is 0.760. The molecule has 3 heterocycles. The van der Waals surface area contributed by atoms with Crippen LogP contribution in [0.1, 0.15) is 21.6 Å². The second-order valence-electron chi connectivity index (χ2n) is 7.06. The number of aromatic nitrogens is 2. The number of para-hydroxylation sites is 1. The average Bonchev–Trinajstić information content (AvgIpc) is 3.14. The lowest BCUT2D eigenvalue weighted by molar-refractivity contribution is 0.0298. The van der Waals surface area contributed by atoms with E-state index in [1.807, 2.05) is 27.8 Å². The minimum absolute atomic E-state index is 0.00636. The first-order valence-corrected chi connectivity index (χ1v) is 10.5. The largest absolute Gasteiger partial charge is 0.378 e. The van der Waals surface area contributed by atoms with Gasteiger partial charge < -0.3 is 9.64 Å². The van der Waals surface area contributed by atoms with E-state index in [0.29, 0.717) is 32.0 Å². The highest BCUT2D eigenvalue weighted by atomic mass is 32.2. The van der Waals surface area contributed by atoms with Crippen LogP contribution in [0, 0.1) is 6.92 Å². The third-order valence-electron chi connectivity index (χ3n) is 5.34. The molecular formula is C22H21N3O2S. The predicted molar refractivity (Wildman–Crippen MR) is 110 cm³/mol. The molecule has 2 aromatic carbocycles. The van der Waals surface area contributed by atoms with Crippen molar-refractivity contribution in [1.82, 2.24) is 14.7 Å². The van der Waals surface area contributed by atoms with Crippen molar-refractivity contribution in [2.24, 2.45) is 0 Å². The van der Waals surface area contributed by atoms with Gasteiger partial charge in [-0.05, 0) is 24.6 Å². The van der Waals surface area contributed by atoms with Crippen molar-refractivity contribution in [2.75, 3.05) is 26.3 Å². The van der Waals surface area contributed by atoms with Crippen molar-refractivity contribution in [1.29, 1.82) is 0 Å². The van der Waals surface area contributed by atoms with Crippen molar-refractivity contribution in [3.05, 3.63) is 65.4 Å². The zero-order valence-corrected chi connectivity index (χ0v) is 16.5. The van der Waals surface area contributed by atoms with Crippen molar-refractivity contribution >= 4 is 17.7 Å². The number of nitrogens with zero attached hydrogens (tertiary/aromatic N) is 3. The first-order chi connectivity index (χ1) is 13.7. The van der Waals surface area contributed by atoms with E-state index in [4.69, 9.17) is 9.84 Å². The molecule has 5 nitrogen and oxygen atoms in total. The Hall–Kier alpha value is -2.57. The maximum Gasteiger partial charge on any atom is 0.274 e. The number of morpholine rings is 1. The first kappa shape index (κ1) is 17.5. The van der Waals surface area contributed by atoms with Crippen LogP contribution in [-0.4, -0.2) is 46.9 Å². The molecule has 0 saturated carbocycles. The van der Waals surface area contributed by atoms with E-state index in [1.54, 1.807) is 11.8 Å². The molecule has 1 aromatic heterocycles. The van der Waals surface area contributed by atoms with Gasteiger partial charge in [-0.1, -0.05) is 36.4 Å². The van der Waals surface area contributed by atoms with Crippen LogP contribution >= 0.6 is 11.8 Å². The third kappa shape index (κ3) is 2.84. The standard InChI is InChI=1S/C22H21N3O2S/c1-15-6-2-4-8-18(15)25-21-16-7-3-5-9-19(16)28-14-17(21)20(23-25)22(26)24-10-12-27-13-11-24/h2-9H,10-14H2,1H3. The molecular weight excluding hydrogens is 370 g/mol. The van der Waals surface area contributed by atoms with Crippen LogP contribution < -0.4 is 0 Å². The number of amides is 1. The van der Waals surface area contributed by atoms with Gasteiger partial charge in [0.05, 0.1) is 24.6 Å². The number of hydrogen-bond donors (Lipinski definition) is 0. The van der Waals surface area contributed by atoms with Gasteiger partial charge >= 0.3 is 0 Å². The second-order valence-corrected chi connectivity index (χ2v) is 8.08. The van der Waals surface area contributed by atoms with E-state index in [9.17, 15) is 4.79 Å². The van der Waals surface area contributed by atoms with Gasteiger partial charge in [0.15, 0.2) is 5.69 Å². The molecule has 1 fully saturated rings. The van der Waals surface area contributed by atoms with Crippen LogP contribution in [0.2, 0.25) is 0 Å². The molecule has 1 amide bonds. The zero-order chi connectivity index (χ0) is 19.1. The molecule has 142 valence electrons. The van der Waals surface area contributed by atoms with E-state index in [1.165, 1.54) is 4.90 Å². The fourth-order valence-corrected chi connectivity index (χ4v) is 4.93. The Morgan fingerprint density at radius 1 is 1.07 bits per heavy atom. The summed E-state index contributed by atoms with van der Waals surface area (Å²) in [7, 11) is 0. The number of carbonyl (C=O) groups is 1. The third-order valence-corrected chi connectivity index (χ3v) is 6.44. The summed E-state index contributed by atoms with van der Waals surface area (Å²) in [5.41, 5.74) is 5.94. The normalized spacial score (nSPS) is 15.8. The molecule has 0 radical (unpaired) electrons. The number of benzene rings is 2. The minimum Gasteiger partial charge on any atom is -0.378 e. The predicted octanol–water partition coefficient (Wildman–Crippen LogP) is 3.93. The molecule has 28 heavy (non-hydrogen) atoms. The maximum absolute atomic E-state index is 13.3. The molecule has 2 aliphatic rings. The topological polar surface area (TPSA) is 47.4 Å². The highest BCUT2D eigenvalue weighted by molar-refractivity contribution is 7.98. The second kappa shape index (κ2) is 7.11. The van der Waals surface area contributed by atoms with Crippen molar-refractivity contribution in [3.63, 3.8) is 0 Å². The van der Waals surface area contributed by atoms with Crippen LogP contribution in [0.3, 0.4) is 0 Å². The summed E-state index contributed by atoms with van der Waals surface area (Å²) < 4.78 is 7.38. The lowest BCUT2D eigenvalue weighted by Gasteiger charge is -2.26. The molecule has 0 spiro atoms. The summed E-state index contributed by atoms with van der Waals surface area (Å²) in [6, 6.07) is 16.6. The maximum atomic E-state index is 13.3. The van der Waals surface area contributed by atoms with Crippen LogP contribution in [-0.2, 0) is 10.5 Å². The fourth-order valence-electron chi connectivity index (χ4n) is 3.87. The molecule has 3 aromatic rings. The van der Waals surface area contributed by atoms with E-state index in [-0.39, 0.29) is 5.91 Å². The summed E-state index contributed by atoms with van der Waals surface area (Å²) >= 11 is 1.77. The van der Waals surface area contributed by atoms with Crippen LogP contribution in [0.25, 0.3) is 16.9 Å². The van der Waals surface area contributed by atoms with Crippen LogP contribution in [0.4, 0.5) is 0 Å².